The van der Waals surface area contributed by atoms with Crippen molar-refractivity contribution in [2.45, 2.75) is 31.8 Å². The van der Waals surface area contributed by atoms with Crippen molar-refractivity contribution in [2.75, 3.05) is 25.1 Å². The van der Waals surface area contributed by atoms with Crippen molar-refractivity contribution in [3.63, 3.8) is 0 Å². The topological polar surface area (TPSA) is 79.0 Å². The van der Waals surface area contributed by atoms with E-state index in [0.717, 1.165) is 18.4 Å². The predicted molar refractivity (Wildman–Crippen MR) is 112 cm³/mol. The number of benzene rings is 2. The van der Waals surface area contributed by atoms with Crippen LogP contribution in [-0.2, 0) is 16.1 Å². The van der Waals surface area contributed by atoms with E-state index in [1.807, 2.05) is 24.3 Å². The minimum absolute atomic E-state index is 0.128. The standard InChI is InChI=1S/C23H25N3O4/c1-30-17-8-6-7-16(13-17)14-24-21(27)15-26-19-10-3-2-9-18(19)22(28)25-12-5-4-11-20(25)23(26)29/h2-3,6-10,13,20H,4-5,11-12,14-15H2,1H3,(H,24,27). The maximum atomic E-state index is 13.3. The first-order valence-electron chi connectivity index (χ1n) is 10.2. The van der Waals surface area contributed by atoms with Crippen LogP contribution >= 0.6 is 0 Å². The molecule has 2 aromatic carbocycles. The van der Waals surface area contributed by atoms with Crippen molar-refractivity contribution in [3.8, 4) is 5.75 Å². The number of nitrogens with zero attached hydrogens (tertiary/aromatic N) is 2. The molecule has 0 saturated carbocycles. The largest absolute Gasteiger partial charge is 0.497 e. The van der Waals surface area contributed by atoms with E-state index in [1.165, 1.54) is 4.90 Å². The van der Waals surface area contributed by atoms with Gasteiger partial charge in [-0.2, -0.15) is 0 Å². The van der Waals surface area contributed by atoms with Gasteiger partial charge in [0.15, 0.2) is 0 Å². The summed E-state index contributed by atoms with van der Waals surface area (Å²) in [6.45, 7) is 0.769. The molecule has 1 saturated heterocycles. The van der Waals surface area contributed by atoms with Gasteiger partial charge >= 0.3 is 0 Å². The SMILES string of the molecule is COc1cccc(CNC(=O)CN2C(=O)C3CCCCN3C(=O)c3ccccc32)c1. The number of anilines is 1. The number of ether oxygens (including phenoxy) is 1. The molecule has 0 bridgehead atoms. The summed E-state index contributed by atoms with van der Waals surface area (Å²) in [5.41, 5.74) is 1.87. The fourth-order valence-electron chi connectivity index (χ4n) is 4.12. The van der Waals surface area contributed by atoms with Gasteiger partial charge < -0.3 is 19.9 Å². The monoisotopic (exact) mass is 407 g/mol. The number of methoxy groups -OCH3 is 1. The highest BCUT2D eigenvalue weighted by Gasteiger charge is 2.40. The Morgan fingerprint density at radius 2 is 1.97 bits per heavy atom. The van der Waals surface area contributed by atoms with Gasteiger partial charge in [0.2, 0.25) is 11.8 Å². The first kappa shape index (κ1) is 19.9. The van der Waals surface area contributed by atoms with Gasteiger partial charge in [0, 0.05) is 13.1 Å². The van der Waals surface area contributed by atoms with Crippen LogP contribution < -0.4 is 15.0 Å². The van der Waals surface area contributed by atoms with Gasteiger partial charge in [-0.3, -0.25) is 14.4 Å². The Kier molecular flexibility index (Phi) is 5.70. The number of amides is 3. The fraction of sp³-hybridized carbons (Fsp3) is 0.348. The zero-order valence-electron chi connectivity index (χ0n) is 17.0. The molecule has 1 atom stereocenters. The average molecular weight is 407 g/mol. The molecule has 1 fully saturated rings. The van der Waals surface area contributed by atoms with Crippen LogP contribution in [0.3, 0.4) is 0 Å². The Morgan fingerprint density at radius 3 is 2.80 bits per heavy atom. The molecular formula is C23H25N3O4. The summed E-state index contributed by atoms with van der Waals surface area (Å²) in [5.74, 6) is 0.111. The molecule has 2 aliphatic heterocycles. The van der Waals surface area contributed by atoms with E-state index in [2.05, 4.69) is 5.32 Å². The lowest BCUT2D eigenvalue weighted by atomic mass is 10.0. The minimum atomic E-state index is -0.509. The molecule has 3 amide bonds. The Hall–Kier alpha value is -3.35. The molecular weight excluding hydrogens is 382 g/mol. The Labute approximate surface area is 175 Å². The highest BCUT2D eigenvalue weighted by atomic mass is 16.5. The smallest absolute Gasteiger partial charge is 0.256 e. The zero-order valence-corrected chi connectivity index (χ0v) is 17.0. The van der Waals surface area contributed by atoms with E-state index in [9.17, 15) is 14.4 Å². The van der Waals surface area contributed by atoms with E-state index in [4.69, 9.17) is 4.74 Å². The van der Waals surface area contributed by atoms with Gasteiger partial charge in [-0.05, 0) is 49.1 Å². The third-order valence-corrected chi connectivity index (χ3v) is 5.67. The maximum Gasteiger partial charge on any atom is 0.256 e. The van der Waals surface area contributed by atoms with Crippen LogP contribution in [0.25, 0.3) is 0 Å². The van der Waals surface area contributed by atoms with Crippen LogP contribution in [-0.4, -0.2) is 48.9 Å². The molecule has 1 unspecified atom stereocenters. The van der Waals surface area contributed by atoms with Crippen molar-refractivity contribution in [3.05, 3.63) is 59.7 Å². The number of nitrogens with one attached hydrogen (secondary N) is 1. The summed E-state index contributed by atoms with van der Waals surface area (Å²) in [6, 6.07) is 14.0. The number of para-hydroxylation sites is 1. The lowest BCUT2D eigenvalue weighted by molar-refractivity contribution is -0.126. The Balaban J connectivity index is 1.54. The number of hydrogen-bond donors (Lipinski definition) is 1. The second-order valence-electron chi connectivity index (χ2n) is 7.58. The normalized spacial score (nSPS) is 18.4. The predicted octanol–water partition coefficient (Wildman–Crippen LogP) is 2.35. The second-order valence-corrected chi connectivity index (χ2v) is 7.58. The van der Waals surface area contributed by atoms with E-state index >= 15 is 0 Å². The van der Waals surface area contributed by atoms with E-state index < -0.39 is 6.04 Å². The molecule has 7 heteroatoms. The summed E-state index contributed by atoms with van der Waals surface area (Å²) in [7, 11) is 1.59. The van der Waals surface area contributed by atoms with Gasteiger partial charge in [-0.25, -0.2) is 0 Å². The zero-order chi connectivity index (χ0) is 21.1. The molecule has 7 nitrogen and oxygen atoms in total. The number of fused-ring (bicyclic) bond motifs is 2. The molecule has 0 radical (unpaired) electrons. The minimum Gasteiger partial charge on any atom is -0.497 e. The molecule has 156 valence electrons. The maximum absolute atomic E-state index is 13.3. The van der Waals surface area contributed by atoms with Gasteiger partial charge in [-0.1, -0.05) is 24.3 Å². The molecule has 4 rings (SSSR count). The van der Waals surface area contributed by atoms with Crippen LogP contribution in [0.5, 0.6) is 5.75 Å². The average Bonchev–Trinajstić information content (AvgIpc) is 2.88. The molecule has 2 heterocycles. The van der Waals surface area contributed by atoms with Gasteiger partial charge in [-0.15, -0.1) is 0 Å². The van der Waals surface area contributed by atoms with Crippen LogP contribution in [0.1, 0.15) is 35.2 Å². The number of hydrogen-bond acceptors (Lipinski definition) is 4. The van der Waals surface area contributed by atoms with Crippen LogP contribution in [0, 0.1) is 0 Å². The molecule has 30 heavy (non-hydrogen) atoms. The van der Waals surface area contributed by atoms with Crippen molar-refractivity contribution < 1.29 is 19.1 Å². The van der Waals surface area contributed by atoms with Crippen LogP contribution in [0.4, 0.5) is 5.69 Å². The number of carbonyl (C=O) groups excluding carboxylic acids is 3. The summed E-state index contributed by atoms with van der Waals surface area (Å²) in [4.78, 5) is 42.2. The number of piperidine rings is 1. The quantitative estimate of drug-likeness (QED) is 0.825. The van der Waals surface area contributed by atoms with E-state index in [0.29, 0.717) is 36.5 Å². The molecule has 2 aliphatic rings. The number of rotatable bonds is 5. The molecule has 0 spiro atoms. The van der Waals surface area contributed by atoms with Crippen molar-refractivity contribution >= 4 is 23.4 Å². The second kappa shape index (κ2) is 8.57. The molecule has 0 aliphatic carbocycles. The van der Waals surface area contributed by atoms with Crippen molar-refractivity contribution in [1.29, 1.82) is 0 Å². The molecule has 0 aromatic heterocycles. The molecule has 2 aromatic rings. The third-order valence-electron chi connectivity index (χ3n) is 5.67. The van der Waals surface area contributed by atoms with Gasteiger partial charge in [0.1, 0.15) is 18.3 Å². The van der Waals surface area contributed by atoms with Crippen LogP contribution in [0.2, 0.25) is 0 Å². The lowest BCUT2D eigenvalue weighted by Crippen LogP contribution is -2.52. The summed E-state index contributed by atoms with van der Waals surface area (Å²) >= 11 is 0. The molecule has 1 N–H and O–H groups in total. The van der Waals surface area contributed by atoms with Gasteiger partial charge in [0.05, 0.1) is 18.4 Å². The summed E-state index contributed by atoms with van der Waals surface area (Å²) < 4.78 is 5.21. The number of carbonyl (C=O) groups is 3. The third kappa shape index (κ3) is 3.87. The highest BCUT2D eigenvalue weighted by Crippen LogP contribution is 2.31. The van der Waals surface area contributed by atoms with Crippen molar-refractivity contribution in [2.24, 2.45) is 0 Å². The van der Waals surface area contributed by atoms with E-state index in [1.54, 1.807) is 36.3 Å². The van der Waals surface area contributed by atoms with Gasteiger partial charge in [0.25, 0.3) is 5.91 Å². The van der Waals surface area contributed by atoms with Crippen molar-refractivity contribution in [1.82, 2.24) is 10.2 Å². The van der Waals surface area contributed by atoms with Crippen LogP contribution in [0.15, 0.2) is 48.5 Å². The Bertz CT molecular complexity index is 974. The summed E-state index contributed by atoms with van der Waals surface area (Å²) in [6.07, 6.45) is 2.41. The van der Waals surface area contributed by atoms with E-state index in [-0.39, 0.29) is 24.3 Å². The highest BCUT2D eigenvalue weighted by molar-refractivity contribution is 6.12. The Morgan fingerprint density at radius 1 is 1.13 bits per heavy atom. The lowest BCUT2D eigenvalue weighted by Gasteiger charge is -2.34. The summed E-state index contributed by atoms with van der Waals surface area (Å²) in [5, 5.41) is 2.87. The first-order valence-corrected chi connectivity index (χ1v) is 10.2. The fourth-order valence-corrected chi connectivity index (χ4v) is 4.12. The first-order chi connectivity index (χ1) is 14.6.